The van der Waals surface area contributed by atoms with E-state index >= 15 is 0 Å². The molecule has 0 unspecified atom stereocenters. The van der Waals surface area contributed by atoms with Gasteiger partial charge in [-0.05, 0) is 61.8 Å². The van der Waals surface area contributed by atoms with Gasteiger partial charge in [-0.15, -0.1) is 0 Å². The summed E-state index contributed by atoms with van der Waals surface area (Å²) in [4.78, 5) is 19.0. The van der Waals surface area contributed by atoms with Crippen molar-refractivity contribution in [1.82, 2.24) is 0 Å². The van der Waals surface area contributed by atoms with Gasteiger partial charge in [0.1, 0.15) is 5.60 Å². The van der Waals surface area contributed by atoms with Gasteiger partial charge >= 0.3 is 6.18 Å². The third-order valence-corrected chi connectivity index (χ3v) is 4.27. The van der Waals surface area contributed by atoms with Crippen LogP contribution < -0.4 is 5.32 Å². The summed E-state index contributed by atoms with van der Waals surface area (Å²) in [7, 11) is 0. The lowest BCUT2D eigenvalue weighted by Crippen LogP contribution is -2.40. The van der Waals surface area contributed by atoms with Gasteiger partial charge in [0.15, 0.2) is 5.69 Å². The second kappa shape index (κ2) is 8.97. The molecule has 0 bridgehead atoms. The van der Waals surface area contributed by atoms with Gasteiger partial charge in [-0.2, -0.15) is 18.2 Å². The highest BCUT2D eigenvalue weighted by molar-refractivity contribution is 7.78. The normalized spacial score (nSPS) is 13.0. The average Bonchev–Trinajstić information content (AvgIpc) is 2.67. The van der Waals surface area contributed by atoms with E-state index in [2.05, 4.69) is 32.5 Å². The molecule has 0 fully saturated rings. The molecule has 0 saturated heterocycles. The number of halogens is 3. The molecule has 2 rings (SSSR count). The quantitative estimate of drug-likeness (QED) is 0.379. The predicted molar refractivity (Wildman–Crippen MR) is 106 cm³/mol. The summed E-state index contributed by atoms with van der Waals surface area (Å²) in [6, 6.07) is 9.78. The summed E-state index contributed by atoms with van der Waals surface area (Å²) in [5.74, 6) is -0.844. The number of thiocarbonyl (C=S) groups is 1. The smallest absolute Gasteiger partial charge is 0.380 e. The number of benzene rings is 2. The first-order valence-corrected chi connectivity index (χ1v) is 8.77. The summed E-state index contributed by atoms with van der Waals surface area (Å²) >= 11 is 4.52. The third-order valence-electron chi connectivity index (χ3n) is 4.18. The number of aryl methyl sites for hydroxylation is 1. The second-order valence-corrected chi connectivity index (χ2v) is 6.62. The number of carbonyl (C=O) groups is 1. The fraction of sp³-hybridized carbons (Fsp3) is 0.250. The number of isothiocyanates is 1. The van der Waals surface area contributed by atoms with Crippen LogP contribution in [-0.2, 0) is 17.4 Å². The van der Waals surface area contributed by atoms with Crippen LogP contribution in [0.25, 0.3) is 4.85 Å². The summed E-state index contributed by atoms with van der Waals surface area (Å²) < 4.78 is 39.2. The van der Waals surface area contributed by atoms with Gasteiger partial charge in [-0.3, -0.25) is 4.79 Å². The van der Waals surface area contributed by atoms with Crippen molar-refractivity contribution < 1.29 is 23.1 Å². The summed E-state index contributed by atoms with van der Waals surface area (Å²) in [6.07, 6.45) is -4.34. The molecule has 5 nitrogen and oxygen atoms in total. The largest absolute Gasteiger partial charge is 0.407 e. The fourth-order valence-corrected chi connectivity index (χ4v) is 2.60. The number of hydrogen-bond donors (Lipinski definition) is 2. The lowest BCUT2D eigenvalue weighted by molar-refractivity contribution is -0.137. The molecule has 0 spiro atoms. The minimum absolute atomic E-state index is 0.0425. The van der Waals surface area contributed by atoms with Gasteiger partial charge in [0.05, 0.1) is 23.0 Å². The van der Waals surface area contributed by atoms with Gasteiger partial charge in [0.2, 0.25) is 0 Å². The zero-order valence-corrected chi connectivity index (χ0v) is 16.1. The SMILES string of the molecule is [C-]#[N+]c1ccc(NC(=O)[C@](C)(O)CCc2ccc(N=C=S)cc2)cc1C(F)(F)F. The molecular weight excluding hydrogens is 403 g/mol. The van der Waals surface area contributed by atoms with E-state index in [-0.39, 0.29) is 12.1 Å². The summed E-state index contributed by atoms with van der Waals surface area (Å²) in [5.41, 5.74) is -2.23. The number of anilines is 1. The standard InChI is InChI=1S/C20H16F3N3O2S/c1-19(28,10-9-13-3-5-14(6-4-13)25-12-29)18(27)26-15-7-8-17(24-2)16(11-15)20(21,22)23/h3-8,11,28H,9-10H2,1H3,(H,26,27)/t19-/m1/s1. The molecule has 0 heterocycles. The molecule has 150 valence electrons. The van der Waals surface area contributed by atoms with Gasteiger partial charge in [0.25, 0.3) is 5.91 Å². The average molecular weight is 419 g/mol. The number of alkyl halides is 3. The Morgan fingerprint density at radius 3 is 2.48 bits per heavy atom. The number of amides is 1. The molecule has 0 aliphatic rings. The number of aliphatic imine (C=N–C) groups is 1. The minimum atomic E-state index is -4.73. The Kier molecular flexibility index (Phi) is 6.88. The number of carbonyl (C=O) groups excluding carboxylic acids is 1. The van der Waals surface area contributed by atoms with Crippen LogP contribution in [-0.4, -0.2) is 21.8 Å². The number of nitrogens with zero attached hydrogens (tertiary/aromatic N) is 2. The molecule has 0 saturated carbocycles. The molecule has 2 N–H and O–H groups in total. The van der Waals surface area contributed by atoms with E-state index in [9.17, 15) is 23.1 Å². The Morgan fingerprint density at radius 1 is 1.28 bits per heavy atom. The van der Waals surface area contributed by atoms with Crippen molar-refractivity contribution >= 4 is 40.3 Å². The lowest BCUT2D eigenvalue weighted by atomic mass is 9.95. The van der Waals surface area contributed by atoms with Crippen LogP contribution in [0.2, 0.25) is 0 Å². The van der Waals surface area contributed by atoms with Crippen LogP contribution in [0.5, 0.6) is 0 Å². The second-order valence-electron chi connectivity index (χ2n) is 6.44. The predicted octanol–water partition coefficient (Wildman–Crippen LogP) is 5.31. The highest BCUT2D eigenvalue weighted by Gasteiger charge is 2.34. The monoisotopic (exact) mass is 419 g/mol. The van der Waals surface area contributed by atoms with Crippen molar-refractivity contribution in [2.75, 3.05) is 5.32 Å². The van der Waals surface area contributed by atoms with Crippen molar-refractivity contribution in [3.8, 4) is 0 Å². The van der Waals surface area contributed by atoms with Crippen molar-refractivity contribution in [3.05, 3.63) is 65.0 Å². The molecular formula is C20H16F3N3O2S. The Bertz CT molecular complexity index is 990. The molecule has 2 aromatic carbocycles. The van der Waals surface area contributed by atoms with Crippen LogP contribution in [0.1, 0.15) is 24.5 Å². The molecule has 9 heteroatoms. The van der Waals surface area contributed by atoms with Crippen molar-refractivity contribution in [2.45, 2.75) is 31.5 Å². The van der Waals surface area contributed by atoms with E-state index in [1.165, 1.54) is 13.0 Å². The molecule has 29 heavy (non-hydrogen) atoms. The van der Waals surface area contributed by atoms with Crippen molar-refractivity contribution in [2.24, 2.45) is 4.99 Å². The van der Waals surface area contributed by atoms with Crippen molar-refractivity contribution in [1.29, 1.82) is 0 Å². The fourth-order valence-electron chi connectivity index (χ4n) is 2.50. The first-order chi connectivity index (χ1) is 13.6. The summed E-state index contributed by atoms with van der Waals surface area (Å²) in [5, 5.41) is 15.0. The Balaban J connectivity index is 2.09. The highest BCUT2D eigenvalue weighted by atomic mass is 32.1. The first-order valence-electron chi connectivity index (χ1n) is 8.36. The van der Waals surface area contributed by atoms with Crippen LogP contribution in [0.4, 0.5) is 30.2 Å². The number of aliphatic hydroxyl groups is 1. The van der Waals surface area contributed by atoms with E-state index < -0.39 is 28.9 Å². The molecule has 2 aromatic rings. The molecule has 1 atom stereocenters. The molecule has 0 radical (unpaired) electrons. The van der Waals surface area contributed by atoms with E-state index in [0.717, 1.165) is 11.6 Å². The zero-order chi connectivity index (χ0) is 21.7. The van der Waals surface area contributed by atoms with E-state index in [1.54, 1.807) is 24.3 Å². The number of rotatable bonds is 6. The molecule has 0 aliphatic carbocycles. The van der Waals surface area contributed by atoms with Gasteiger partial charge in [-0.25, -0.2) is 4.85 Å². The van der Waals surface area contributed by atoms with Crippen LogP contribution in [0.3, 0.4) is 0 Å². The van der Waals surface area contributed by atoms with Crippen LogP contribution in [0, 0.1) is 6.57 Å². The zero-order valence-electron chi connectivity index (χ0n) is 15.2. The Hall–Kier alpha value is -3.05. The topological polar surface area (TPSA) is 66.0 Å². The van der Waals surface area contributed by atoms with E-state index in [4.69, 9.17) is 6.57 Å². The maximum atomic E-state index is 13.1. The van der Waals surface area contributed by atoms with Crippen LogP contribution in [0.15, 0.2) is 47.5 Å². The summed E-state index contributed by atoms with van der Waals surface area (Å²) in [6.45, 7) is 8.12. The Labute approximate surface area is 170 Å². The van der Waals surface area contributed by atoms with Gasteiger partial charge in [-0.1, -0.05) is 18.2 Å². The third kappa shape index (κ3) is 5.96. The minimum Gasteiger partial charge on any atom is -0.380 e. The lowest BCUT2D eigenvalue weighted by Gasteiger charge is -2.23. The first kappa shape index (κ1) is 22.2. The van der Waals surface area contributed by atoms with Gasteiger partial charge in [0, 0.05) is 5.69 Å². The maximum Gasteiger partial charge on any atom is 0.407 e. The van der Waals surface area contributed by atoms with E-state index in [0.29, 0.717) is 18.2 Å². The maximum absolute atomic E-state index is 13.1. The van der Waals surface area contributed by atoms with Gasteiger partial charge < -0.3 is 10.4 Å². The number of nitrogens with one attached hydrogen (secondary N) is 1. The number of hydrogen-bond acceptors (Lipinski definition) is 4. The molecule has 1 amide bonds. The Morgan fingerprint density at radius 2 is 1.93 bits per heavy atom. The molecule has 0 aromatic heterocycles. The molecule has 0 aliphatic heterocycles. The van der Waals surface area contributed by atoms with E-state index in [1.807, 2.05) is 0 Å². The highest BCUT2D eigenvalue weighted by Crippen LogP contribution is 2.38. The van der Waals surface area contributed by atoms with Crippen LogP contribution >= 0.6 is 12.2 Å². The van der Waals surface area contributed by atoms with Crippen molar-refractivity contribution in [3.63, 3.8) is 0 Å².